The quantitative estimate of drug-likeness (QED) is 0.851. The fourth-order valence-electron chi connectivity index (χ4n) is 3.61. The van der Waals surface area contributed by atoms with Crippen LogP contribution >= 0.6 is 0 Å². The van der Waals surface area contributed by atoms with E-state index in [9.17, 15) is 4.79 Å². The summed E-state index contributed by atoms with van der Waals surface area (Å²) in [7, 11) is 1.72. The second-order valence-electron chi connectivity index (χ2n) is 5.99. The van der Waals surface area contributed by atoms with Gasteiger partial charge < -0.3 is 14.4 Å². The average molecular weight is 290 g/mol. The van der Waals surface area contributed by atoms with Crippen LogP contribution in [0.15, 0.2) is 24.4 Å². The molecule has 21 heavy (non-hydrogen) atoms. The van der Waals surface area contributed by atoms with Crippen LogP contribution in [-0.4, -0.2) is 55.3 Å². The molecule has 5 heteroatoms. The molecular formula is C16H22N2O3. The van der Waals surface area contributed by atoms with Gasteiger partial charge in [-0.25, -0.2) is 0 Å². The van der Waals surface area contributed by atoms with Crippen molar-refractivity contribution in [3.8, 4) is 0 Å². The fraction of sp³-hybridized carbons (Fsp3) is 0.625. The van der Waals surface area contributed by atoms with E-state index in [0.717, 1.165) is 32.4 Å². The van der Waals surface area contributed by atoms with Gasteiger partial charge in [-0.1, -0.05) is 6.07 Å². The highest BCUT2D eigenvalue weighted by Gasteiger charge is 2.47. The van der Waals surface area contributed by atoms with Crippen molar-refractivity contribution in [2.75, 3.05) is 33.4 Å². The SMILES string of the molecule is COC[C@@]12CCCO[C@@H]1CCN(C(=O)c1ccccn1)C2. The minimum absolute atomic E-state index is 0.00935. The first-order valence-corrected chi connectivity index (χ1v) is 7.56. The number of nitrogens with zero attached hydrogens (tertiary/aromatic N) is 2. The van der Waals surface area contributed by atoms with E-state index in [1.165, 1.54) is 0 Å². The molecule has 0 spiro atoms. The Morgan fingerprint density at radius 2 is 2.48 bits per heavy atom. The molecule has 3 rings (SSSR count). The normalized spacial score (nSPS) is 29.0. The number of amides is 1. The first-order chi connectivity index (χ1) is 10.2. The highest BCUT2D eigenvalue weighted by molar-refractivity contribution is 5.92. The largest absolute Gasteiger partial charge is 0.384 e. The molecule has 0 saturated carbocycles. The van der Waals surface area contributed by atoms with Crippen molar-refractivity contribution < 1.29 is 14.3 Å². The second-order valence-corrected chi connectivity index (χ2v) is 5.99. The molecule has 114 valence electrons. The van der Waals surface area contributed by atoms with Crippen LogP contribution in [0.4, 0.5) is 0 Å². The Morgan fingerprint density at radius 3 is 3.24 bits per heavy atom. The lowest BCUT2D eigenvalue weighted by Gasteiger charge is -2.50. The Bertz CT molecular complexity index is 490. The van der Waals surface area contributed by atoms with E-state index in [4.69, 9.17) is 9.47 Å². The van der Waals surface area contributed by atoms with Gasteiger partial charge in [0.05, 0.1) is 12.7 Å². The molecule has 0 radical (unpaired) electrons. The van der Waals surface area contributed by atoms with Gasteiger partial charge in [-0.15, -0.1) is 0 Å². The van der Waals surface area contributed by atoms with E-state index in [1.54, 1.807) is 19.4 Å². The van der Waals surface area contributed by atoms with Gasteiger partial charge in [0.25, 0.3) is 5.91 Å². The molecular weight excluding hydrogens is 268 g/mol. The molecule has 0 unspecified atom stereocenters. The van der Waals surface area contributed by atoms with E-state index in [-0.39, 0.29) is 17.4 Å². The number of hydrogen-bond acceptors (Lipinski definition) is 4. The van der Waals surface area contributed by atoms with Crippen molar-refractivity contribution in [3.05, 3.63) is 30.1 Å². The van der Waals surface area contributed by atoms with Gasteiger partial charge in [-0.05, 0) is 31.4 Å². The summed E-state index contributed by atoms with van der Waals surface area (Å²) in [5.41, 5.74) is 0.454. The van der Waals surface area contributed by atoms with Crippen LogP contribution in [0.25, 0.3) is 0 Å². The zero-order chi connectivity index (χ0) is 14.7. The van der Waals surface area contributed by atoms with Crippen LogP contribution in [0.1, 0.15) is 29.8 Å². The molecule has 0 aliphatic carbocycles. The Hall–Kier alpha value is -1.46. The number of carbonyl (C=O) groups excluding carboxylic acids is 1. The number of fused-ring (bicyclic) bond motifs is 1. The monoisotopic (exact) mass is 290 g/mol. The molecule has 1 amide bonds. The number of piperidine rings is 1. The summed E-state index contributed by atoms with van der Waals surface area (Å²) in [5.74, 6) is 0.00935. The lowest BCUT2D eigenvalue weighted by molar-refractivity contribution is -0.142. The van der Waals surface area contributed by atoms with Crippen LogP contribution in [0, 0.1) is 5.41 Å². The fourth-order valence-corrected chi connectivity index (χ4v) is 3.61. The molecule has 1 aromatic heterocycles. The van der Waals surface area contributed by atoms with Crippen molar-refractivity contribution in [1.82, 2.24) is 9.88 Å². The number of pyridine rings is 1. The summed E-state index contributed by atoms with van der Waals surface area (Å²) in [6.45, 7) is 2.89. The highest BCUT2D eigenvalue weighted by Crippen LogP contribution is 2.40. The number of methoxy groups -OCH3 is 1. The zero-order valence-electron chi connectivity index (χ0n) is 12.5. The summed E-state index contributed by atoms with van der Waals surface area (Å²) >= 11 is 0. The molecule has 1 aromatic rings. The molecule has 2 fully saturated rings. The smallest absolute Gasteiger partial charge is 0.272 e. The molecule has 2 atom stereocenters. The van der Waals surface area contributed by atoms with Gasteiger partial charge in [0, 0.05) is 38.4 Å². The molecule has 2 aliphatic rings. The van der Waals surface area contributed by atoms with Crippen molar-refractivity contribution in [1.29, 1.82) is 0 Å². The Kier molecular flexibility index (Phi) is 4.22. The van der Waals surface area contributed by atoms with Crippen LogP contribution in [0.3, 0.4) is 0 Å². The van der Waals surface area contributed by atoms with E-state index in [0.29, 0.717) is 18.8 Å². The summed E-state index contributed by atoms with van der Waals surface area (Å²) in [6.07, 6.45) is 4.83. The first-order valence-electron chi connectivity index (χ1n) is 7.56. The molecule has 0 bridgehead atoms. The maximum atomic E-state index is 12.6. The molecule has 2 aliphatic heterocycles. The highest BCUT2D eigenvalue weighted by atomic mass is 16.5. The van der Waals surface area contributed by atoms with E-state index < -0.39 is 0 Å². The van der Waals surface area contributed by atoms with Crippen molar-refractivity contribution >= 4 is 5.91 Å². The Labute approximate surface area is 125 Å². The summed E-state index contributed by atoms with van der Waals surface area (Å²) in [4.78, 5) is 18.7. The summed E-state index contributed by atoms with van der Waals surface area (Å²) in [5, 5.41) is 0. The van der Waals surface area contributed by atoms with E-state index in [1.807, 2.05) is 17.0 Å². The van der Waals surface area contributed by atoms with Gasteiger partial charge in [0.1, 0.15) is 5.69 Å². The van der Waals surface area contributed by atoms with E-state index in [2.05, 4.69) is 4.98 Å². The third kappa shape index (κ3) is 2.80. The number of likely N-dealkylation sites (tertiary alicyclic amines) is 1. The molecule has 0 aromatic carbocycles. The Balaban J connectivity index is 1.78. The predicted molar refractivity (Wildman–Crippen MR) is 78.0 cm³/mol. The lowest BCUT2D eigenvalue weighted by Crippen LogP contribution is -2.58. The van der Waals surface area contributed by atoms with Gasteiger partial charge in [0.15, 0.2) is 0 Å². The predicted octanol–water partition coefficient (Wildman–Crippen LogP) is 1.74. The minimum Gasteiger partial charge on any atom is -0.384 e. The molecule has 3 heterocycles. The number of carbonyl (C=O) groups is 1. The van der Waals surface area contributed by atoms with Crippen LogP contribution in [0.2, 0.25) is 0 Å². The standard InChI is InChI=1S/C16H22N2O3/c1-20-12-16-7-4-10-21-14(16)6-9-18(11-16)15(19)13-5-2-3-8-17-13/h2-3,5,8,14H,4,6-7,9-12H2,1H3/t14-,16+/m1/s1. The number of hydrogen-bond donors (Lipinski definition) is 0. The Morgan fingerprint density at radius 1 is 1.57 bits per heavy atom. The zero-order valence-corrected chi connectivity index (χ0v) is 12.5. The topological polar surface area (TPSA) is 51.7 Å². The van der Waals surface area contributed by atoms with E-state index >= 15 is 0 Å². The lowest BCUT2D eigenvalue weighted by atomic mass is 9.73. The van der Waals surface area contributed by atoms with Crippen molar-refractivity contribution in [2.24, 2.45) is 5.41 Å². The third-order valence-electron chi connectivity index (χ3n) is 4.59. The number of ether oxygens (including phenoxy) is 2. The third-order valence-corrected chi connectivity index (χ3v) is 4.59. The molecule has 5 nitrogen and oxygen atoms in total. The second kappa shape index (κ2) is 6.12. The van der Waals surface area contributed by atoms with Crippen molar-refractivity contribution in [2.45, 2.75) is 25.4 Å². The molecule has 2 saturated heterocycles. The number of rotatable bonds is 3. The van der Waals surface area contributed by atoms with Gasteiger partial charge in [0.2, 0.25) is 0 Å². The minimum atomic E-state index is -0.0598. The first kappa shape index (κ1) is 14.5. The summed E-state index contributed by atoms with van der Waals surface area (Å²) in [6, 6.07) is 5.45. The van der Waals surface area contributed by atoms with Gasteiger partial charge in [-0.2, -0.15) is 0 Å². The molecule has 0 N–H and O–H groups in total. The van der Waals surface area contributed by atoms with Gasteiger partial charge >= 0.3 is 0 Å². The van der Waals surface area contributed by atoms with Crippen LogP contribution in [-0.2, 0) is 9.47 Å². The van der Waals surface area contributed by atoms with Gasteiger partial charge in [-0.3, -0.25) is 9.78 Å². The van der Waals surface area contributed by atoms with Crippen molar-refractivity contribution in [3.63, 3.8) is 0 Å². The van der Waals surface area contributed by atoms with Crippen LogP contribution in [0.5, 0.6) is 0 Å². The average Bonchev–Trinajstić information content (AvgIpc) is 2.54. The number of aromatic nitrogens is 1. The maximum Gasteiger partial charge on any atom is 0.272 e. The van der Waals surface area contributed by atoms with Crippen LogP contribution < -0.4 is 0 Å². The maximum absolute atomic E-state index is 12.6. The summed E-state index contributed by atoms with van der Waals surface area (Å²) < 4.78 is 11.4.